The Morgan fingerprint density at radius 2 is 1.88 bits per heavy atom. The van der Waals surface area contributed by atoms with Crippen LogP contribution in [0.4, 0.5) is 20.5 Å². The van der Waals surface area contributed by atoms with E-state index in [1.165, 1.54) is 10.8 Å². The van der Waals surface area contributed by atoms with Gasteiger partial charge in [0.25, 0.3) is 6.43 Å². The highest BCUT2D eigenvalue weighted by Crippen LogP contribution is 2.31. The third kappa shape index (κ3) is 6.84. The van der Waals surface area contributed by atoms with E-state index in [9.17, 15) is 13.9 Å². The van der Waals surface area contributed by atoms with Gasteiger partial charge in [0.05, 0.1) is 30.5 Å². The van der Waals surface area contributed by atoms with E-state index in [4.69, 9.17) is 14.7 Å². The van der Waals surface area contributed by atoms with Crippen LogP contribution >= 0.6 is 0 Å². The lowest BCUT2D eigenvalue weighted by Gasteiger charge is -2.36. The molecule has 220 valence electrons. The summed E-state index contributed by atoms with van der Waals surface area (Å²) in [6, 6.07) is 9.32. The first-order valence-electron chi connectivity index (χ1n) is 14.3. The van der Waals surface area contributed by atoms with Crippen LogP contribution in [0.2, 0.25) is 0 Å². The molecule has 0 unspecified atom stereocenters. The number of aromatic nitrogens is 4. The summed E-state index contributed by atoms with van der Waals surface area (Å²) in [5.74, 6) is 1.56. The first-order chi connectivity index (χ1) is 20.0. The average Bonchev–Trinajstić information content (AvgIpc) is 3.40. The normalized spacial score (nSPS) is 20.2. The minimum absolute atomic E-state index is 0.336. The van der Waals surface area contributed by atoms with Gasteiger partial charge in [-0.3, -0.25) is 9.47 Å². The zero-order valence-electron chi connectivity index (χ0n) is 23.6. The van der Waals surface area contributed by atoms with E-state index >= 15 is 0 Å². The number of fused-ring (bicyclic) bond motifs is 1. The van der Waals surface area contributed by atoms with Crippen LogP contribution in [-0.4, -0.2) is 81.5 Å². The van der Waals surface area contributed by atoms with Crippen LogP contribution in [0.3, 0.4) is 0 Å². The first-order valence-corrected chi connectivity index (χ1v) is 14.3. The molecular weight excluding hydrogens is 528 g/mol. The van der Waals surface area contributed by atoms with Crippen molar-refractivity contribution in [3.8, 4) is 5.82 Å². The molecule has 3 heterocycles. The van der Waals surface area contributed by atoms with Gasteiger partial charge < -0.3 is 20.1 Å². The smallest absolute Gasteiger partial charge is 0.296 e. The van der Waals surface area contributed by atoms with E-state index < -0.39 is 6.43 Å². The number of ether oxygens (including phenoxy) is 1. The predicted octanol–water partition coefficient (Wildman–Crippen LogP) is 5.51. The molecule has 9 nitrogen and oxygen atoms in total. The summed E-state index contributed by atoms with van der Waals surface area (Å²) in [5.41, 5.74) is 2.01. The molecule has 0 radical (unpaired) electrons. The fourth-order valence-corrected chi connectivity index (χ4v) is 5.82. The molecule has 2 fully saturated rings. The summed E-state index contributed by atoms with van der Waals surface area (Å²) in [5, 5.41) is 12.8. The highest BCUT2D eigenvalue weighted by molar-refractivity contribution is 5.78. The summed E-state index contributed by atoms with van der Waals surface area (Å²) < 4.78 is 35.2. The molecule has 3 aromatic rings. The third-order valence-corrected chi connectivity index (χ3v) is 7.96. The highest BCUT2D eigenvalue weighted by Gasteiger charge is 2.27. The van der Waals surface area contributed by atoms with E-state index in [1.807, 2.05) is 19.1 Å². The number of benzene rings is 1. The summed E-state index contributed by atoms with van der Waals surface area (Å²) in [7, 11) is 0. The molecular formula is C30H39F2N7O2. The molecule has 2 aliphatic rings. The number of para-hydroxylation sites is 2. The number of anilines is 2. The summed E-state index contributed by atoms with van der Waals surface area (Å²) in [4.78, 5) is 18.2. The average molecular weight is 568 g/mol. The molecule has 0 atom stereocenters. The minimum atomic E-state index is -2.76. The van der Waals surface area contributed by atoms with E-state index in [0.717, 1.165) is 44.3 Å². The molecule has 1 saturated carbocycles. The van der Waals surface area contributed by atoms with Gasteiger partial charge in [-0.05, 0) is 56.2 Å². The number of hydrogen-bond acceptors (Lipinski definition) is 8. The lowest BCUT2D eigenvalue weighted by atomic mass is 9.85. The molecule has 1 saturated heterocycles. The summed E-state index contributed by atoms with van der Waals surface area (Å²) in [6.45, 7) is 10.5. The maximum Gasteiger partial charge on any atom is 0.296 e. The summed E-state index contributed by atoms with van der Waals surface area (Å²) in [6.07, 6.45) is 4.54. The van der Waals surface area contributed by atoms with Gasteiger partial charge in [-0.2, -0.15) is 9.97 Å². The van der Waals surface area contributed by atoms with Gasteiger partial charge in [0.1, 0.15) is 11.6 Å². The quantitative estimate of drug-likeness (QED) is 0.232. The molecule has 41 heavy (non-hydrogen) atoms. The largest absolute Gasteiger partial charge is 0.516 e. The number of halogens is 2. The van der Waals surface area contributed by atoms with Gasteiger partial charge >= 0.3 is 0 Å². The summed E-state index contributed by atoms with van der Waals surface area (Å²) >= 11 is 0. The molecule has 0 amide bonds. The molecule has 11 heteroatoms. The Kier molecular flexibility index (Phi) is 9.45. The molecule has 0 spiro atoms. The van der Waals surface area contributed by atoms with Crippen molar-refractivity contribution >= 4 is 22.8 Å². The monoisotopic (exact) mass is 567 g/mol. The van der Waals surface area contributed by atoms with Gasteiger partial charge in [-0.15, -0.1) is 6.58 Å². The van der Waals surface area contributed by atoms with Crippen molar-refractivity contribution in [1.82, 2.24) is 24.4 Å². The number of hydrogen-bond donors (Lipinski definition) is 2. The van der Waals surface area contributed by atoms with Crippen LogP contribution in [0, 0.1) is 5.92 Å². The molecule has 5 rings (SSSR count). The van der Waals surface area contributed by atoms with Gasteiger partial charge in [-0.1, -0.05) is 18.2 Å². The second-order valence-electron chi connectivity index (χ2n) is 10.9. The highest BCUT2D eigenvalue weighted by atomic mass is 19.3. The number of aliphatic hydroxyl groups excluding tert-OH is 1. The van der Waals surface area contributed by atoms with Crippen LogP contribution in [0.25, 0.3) is 16.9 Å². The number of nitrogens with zero attached hydrogens (tertiary/aromatic N) is 6. The first kappa shape index (κ1) is 28.9. The van der Waals surface area contributed by atoms with Gasteiger partial charge in [0.15, 0.2) is 5.82 Å². The van der Waals surface area contributed by atoms with Crippen LogP contribution in [0.5, 0.6) is 0 Å². The van der Waals surface area contributed by atoms with Crippen molar-refractivity contribution in [3.05, 3.63) is 60.6 Å². The van der Waals surface area contributed by atoms with Crippen molar-refractivity contribution in [2.45, 2.75) is 45.1 Å². The second kappa shape index (κ2) is 13.4. The Balaban J connectivity index is 1.35. The van der Waals surface area contributed by atoms with Crippen LogP contribution in [-0.2, 0) is 4.74 Å². The maximum absolute atomic E-state index is 14.1. The fraction of sp³-hybridized carbons (Fsp3) is 0.500. The van der Waals surface area contributed by atoms with Gasteiger partial charge in [0, 0.05) is 44.8 Å². The van der Waals surface area contributed by atoms with E-state index in [-0.39, 0.29) is 5.82 Å². The number of aliphatic hydroxyl groups is 1. The number of morpholine rings is 1. The number of imidazole rings is 1. The van der Waals surface area contributed by atoms with Gasteiger partial charge in [0.2, 0.25) is 5.95 Å². The van der Waals surface area contributed by atoms with Gasteiger partial charge in [-0.25, -0.2) is 13.8 Å². The number of nitrogens with one attached hydrogen (secondary N) is 1. The van der Waals surface area contributed by atoms with Crippen LogP contribution < -0.4 is 10.2 Å². The van der Waals surface area contributed by atoms with Crippen molar-refractivity contribution in [2.75, 3.05) is 56.2 Å². The lowest BCUT2D eigenvalue weighted by Crippen LogP contribution is -2.40. The predicted molar refractivity (Wildman–Crippen MR) is 157 cm³/mol. The van der Waals surface area contributed by atoms with Crippen LogP contribution in [0.15, 0.2) is 54.8 Å². The van der Waals surface area contributed by atoms with Crippen LogP contribution in [0.1, 0.15) is 44.9 Å². The maximum atomic E-state index is 14.1. The molecule has 0 bridgehead atoms. The zero-order valence-corrected chi connectivity index (χ0v) is 23.6. The minimum Gasteiger partial charge on any atom is -0.516 e. The second-order valence-corrected chi connectivity index (χ2v) is 10.9. The lowest BCUT2D eigenvalue weighted by molar-refractivity contribution is 0.122. The molecule has 2 N–H and O–H groups in total. The molecule has 1 aliphatic heterocycles. The number of rotatable bonds is 11. The Hall–Kier alpha value is -3.57. The topological polar surface area (TPSA) is 91.6 Å². The Bertz CT molecular complexity index is 1350. The van der Waals surface area contributed by atoms with Crippen molar-refractivity contribution in [2.24, 2.45) is 5.92 Å². The molecule has 2 aromatic heterocycles. The fourth-order valence-electron chi connectivity index (χ4n) is 5.82. The SMILES string of the molecule is C=CCN(C/C(C)=C/O)[C@H]1CC[C@H](CNc2nc(N3CCOCC3)cc(-n3c(C(F)F)nc4ccccc43)n2)CC1. The van der Waals surface area contributed by atoms with Crippen molar-refractivity contribution in [1.29, 1.82) is 0 Å². The molecule has 1 aliphatic carbocycles. The zero-order chi connectivity index (χ0) is 28.8. The van der Waals surface area contributed by atoms with E-state index in [2.05, 4.69) is 26.7 Å². The number of alkyl halides is 2. The van der Waals surface area contributed by atoms with Crippen molar-refractivity contribution in [3.63, 3.8) is 0 Å². The third-order valence-electron chi connectivity index (χ3n) is 7.96. The molecule has 1 aromatic carbocycles. The standard InChI is InChI=1S/C30H39F2N7O2/c1-3-12-38(19-21(2)20-40)23-10-8-22(9-11-23)18-33-30-35-26(37-13-15-41-16-14-37)17-27(36-30)39-25-7-5-4-6-24(25)34-29(39)28(31)32/h3-7,17,20,22-23,28,40H,1,8-16,18-19H2,2H3,(H,33,35,36)/b21-20+/t22-,23-. The Labute approximate surface area is 239 Å². The Morgan fingerprint density at radius 3 is 2.59 bits per heavy atom. The Morgan fingerprint density at radius 1 is 1.15 bits per heavy atom. The van der Waals surface area contributed by atoms with Crippen molar-refractivity contribution < 1.29 is 18.6 Å². The van der Waals surface area contributed by atoms with E-state index in [1.54, 1.807) is 24.3 Å². The van der Waals surface area contributed by atoms with E-state index in [0.29, 0.717) is 73.4 Å².